The van der Waals surface area contributed by atoms with Gasteiger partial charge in [-0.3, -0.25) is 4.79 Å². The third-order valence-electron chi connectivity index (χ3n) is 10.5. The Balaban J connectivity index is 2.35. The van der Waals surface area contributed by atoms with E-state index in [0.29, 0.717) is 12.8 Å². The minimum Gasteiger partial charge on any atom is -0.394 e. The van der Waals surface area contributed by atoms with E-state index < -0.39 is 74.2 Å². The lowest BCUT2D eigenvalue weighted by atomic mass is 9.98. The molecular weight excluding hydrogens is 678 g/mol. The van der Waals surface area contributed by atoms with Crippen molar-refractivity contribution in [3.8, 4) is 0 Å². The number of amides is 1. The molecule has 0 saturated carbocycles. The summed E-state index contributed by atoms with van der Waals surface area (Å²) in [7, 11) is 0. The first-order chi connectivity index (χ1) is 25.7. The Labute approximate surface area is 322 Å². The molecule has 1 aliphatic rings. The number of hydrogen-bond donors (Lipinski definition) is 8. The third-order valence-corrected chi connectivity index (χ3v) is 10.5. The fourth-order valence-corrected chi connectivity index (χ4v) is 6.92. The van der Waals surface area contributed by atoms with Gasteiger partial charge in [0.05, 0.1) is 25.4 Å². The summed E-state index contributed by atoms with van der Waals surface area (Å²) < 4.78 is 11.0. The SMILES string of the molecule is CCC/C=C/CCCC(O)C(O)C(COC1OC(CO)C(O)C(O)C1O)NC(=O)C(O)CCCCCCCCCCCCCCCCCCCCCC. The standard InChI is InChI=1S/C42H81NO10/c1-3-5-7-9-11-12-13-14-15-16-17-18-19-20-21-22-23-24-26-28-30-35(46)41(51)43-33(37(47)34(45)29-27-25-10-8-6-4-2)32-52-42-40(50)39(49)38(48)36(31-44)53-42/h8,10,33-40,42,44-50H,3-7,9,11-32H2,1-2H3,(H,43,51)/b10-8+. The molecule has 8 N–H and O–H groups in total. The number of unbranched alkanes of at least 4 members (excludes halogenated alkanes) is 21. The normalized spacial score (nSPS) is 22.9. The molecule has 1 rings (SSSR count). The van der Waals surface area contributed by atoms with Gasteiger partial charge in [0.15, 0.2) is 6.29 Å². The van der Waals surface area contributed by atoms with Crippen molar-refractivity contribution in [2.45, 2.75) is 236 Å². The molecule has 11 heteroatoms. The Morgan fingerprint density at radius 3 is 1.62 bits per heavy atom. The van der Waals surface area contributed by atoms with E-state index in [9.17, 15) is 40.5 Å². The van der Waals surface area contributed by atoms with Crippen LogP contribution in [0.4, 0.5) is 0 Å². The van der Waals surface area contributed by atoms with Crippen LogP contribution in [0.3, 0.4) is 0 Å². The molecule has 9 atom stereocenters. The highest BCUT2D eigenvalue weighted by Gasteiger charge is 2.44. The topological polar surface area (TPSA) is 189 Å². The molecule has 0 aromatic rings. The van der Waals surface area contributed by atoms with E-state index in [-0.39, 0.29) is 12.8 Å². The summed E-state index contributed by atoms with van der Waals surface area (Å²) in [6.07, 6.45) is 21.8. The molecule has 1 amide bonds. The Morgan fingerprint density at radius 2 is 1.13 bits per heavy atom. The molecule has 1 aliphatic heterocycles. The minimum absolute atomic E-state index is 0.256. The van der Waals surface area contributed by atoms with Crippen LogP contribution in [0, 0.1) is 0 Å². The predicted molar refractivity (Wildman–Crippen MR) is 210 cm³/mol. The lowest BCUT2D eigenvalue weighted by molar-refractivity contribution is -0.303. The summed E-state index contributed by atoms with van der Waals surface area (Å²) >= 11 is 0. The van der Waals surface area contributed by atoms with Gasteiger partial charge in [0.25, 0.3) is 0 Å². The zero-order valence-corrected chi connectivity index (χ0v) is 33.5. The van der Waals surface area contributed by atoms with Crippen molar-refractivity contribution in [3.63, 3.8) is 0 Å². The maximum Gasteiger partial charge on any atom is 0.249 e. The molecule has 0 aromatic carbocycles. The van der Waals surface area contributed by atoms with Gasteiger partial charge in [-0.1, -0.05) is 161 Å². The number of aliphatic hydroxyl groups is 7. The van der Waals surface area contributed by atoms with E-state index in [1.54, 1.807) is 0 Å². The highest BCUT2D eigenvalue weighted by Crippen LogP contribution is 2.23. The summed E-state index contributed by atoms with van der Waals surface area (Å²) in [6, 6.07) is -1.18. The first kappa shape index (κ1) is 49.9. The van der Waals surface area contributed by atoms with E-state index in [1.165, 1.54) is 103 Å². The van der Waals surface area contributed by atoms with Crippen LogP contribution < -0.4 is 5.32 Å². The highest BCUT2D eigenvalue weighted by molar-refractivity contribution is 5.80. The van der Waals surface area contributed by atoms with Gasteiger partial charge >= 0.3 is 0 Å². The molecule has 9 unspecified atom stereocenters. The van der Waals surface area contributed by atoms with Crippen molar-refractivity contribution >= 4 is 5.91 Å². The van der Waals surface area contributed by atoms with Crippen LogP contribution in [0.1, 0.15) is 181 Å². The Kier molecular flexibility index (Phi) is 31.1. The van der Waals surface area contributed by atoms with Crippen LogP contribution in [-0.4, -0.2) is 110 Å². The molecule has 1 saturated heterocycles. The number of rotatable bonds is 35. The number of allylic oxidation sites excluding steroid dienone is 2. The molecule has 0 radical (unpaired) electrons. The number of ether oxygens (including phenoxy) is 2. The van der Waals surface area contributed by atoms with Crippen molar-refractivity contribution < 1.29 is 50.0 Å². The van der Waals surface area contributed by atoms with Crippen LogP contribution in [0.15, 0.2) is 12.2 Å². The van der Waals surface area contributed by atoms with Crippen molar-refractivity contribution in [2.75, 3.05) is 13.2 Å². The molecule has 0 aliphatic carbocycles. The van der Waals surface area contributed by atoms with Gasteiger partial charge in [0.1, 0.15) is 36.6 Å². The number of carbonyl (C=O) groups excluding carboxylic acids is 1. The third kappa shape index (κ3) is 23.5. The van der Waals surface area contributed by atoms with Crippen LogP contribution in [0.25, 0.3) is 0 Å². The number of aliphatic hydroxyl groups excluding tert-OH is 7. The summed E-state index contributed by atoms with van der Waals surface area (Å²) in [5, 5.41) is 75.0. The van der Waals surface area contributed by atoms with Crippen molar-refractivity contribution in [2.24, 2.45) is 0 Å². The highest BCUT2D eigenvalue weighted by atomic mass is 16.7. The quantitative estimate of drug-likeness (QED) is 0.0277. The summed E-state index contributed by atoms with van der Waals surface area (Å²) in [6.45, 7) is 3.29. The largest absolute Gasteiger partial charge is 0.394 e. The lowest BCUT2D eigenvalue weighted by Gasteiger charge is -2.40. The second kappa shape index (κ2) is 33.0. The van der Waals surface area contributed by atoms with Gasteiger partial charge in [0, 0.05) is 0 Å². The lowest BCUT2D eigenvalue weighted by Crippen LogP contribution is -2.60. The fraction of sp³-hybridized carbons (Fsp3) is 0.929. The first-order valence-corrected chi connectivity index (χ1v) is 21.6. The van der Waals surface area contributed by atoms with Crippen LogP contribution in [0.5, 0.6) is 0 Å². The molecule has 11 nitrogen and oxygen atoms in total. The Bertz CT molecular complexity index is 877. The molecule has 0 spiro atoms. The van der Waals surface area contributed by atoms with Gasteiger partial charge in [-0.15, -0.1) is 0 Å². The van der Waals surface area contributed by atoms with Crippen molar-refractivity contribution in [1.29, 1.82) is 0 Å². The van der Waals surface area contributed by atoms with Crippen LogP contribution in [-0.2, 0) is 14.3 Å². The van der Waals surface area contributed by atoms with Crippen molar-refractivity contribution in [3.05, 3.63) is 12.2 Å². The zero-order valence-electron chi connectivity index (χ0n) is 33.5. The minimum atomic E-state index is -1.66. The van der Waals surface area contributed by atoms with Gasteiger partial charge in [-0.25, -0.2) is 0 Å². The molecule has 1 heterocycles. The Morgan fingerprint density at radius 1 is 0.642 bits per heavy atom. The monoisotopic (exact) mass is 760 g/mol. The summed E-state index contributed by atoms with van der Waals surface area (Å²) in [4.78, 5) is 13.0. The van der Waals surface area contributed by atoms with Crippen molar-refractivity contribution in [1.82, 2.24) is 5.32 Å². The van der Waals surface area contributed by atoms with E-state index in [0.717, 1.165) is 38.5 Å². The van der Waals surface area contributed by atoms with E-state index in [1.807, 2.05) is 6.08 Å². The maximum atomic E-state index is 13.0. The smallest absolute Gasteiger partial charge is 0.249 e. The number of nitrogens with one attached hydrogen (secondary N) is 1. The predicted octanol–water partition coefficient (Wildman–Crippen LogP) is 6.11. The van der Waals surface area contributed by atoms with Crippen LogP contribution >= 0.6 is 0 Å². The molecule has 53 heavy (non-hydrogen) atoms. The van der Waals surface area contributed by atoms with E-state index in [2.05, 4.69) is 25.2 Å². The second-order valence-electron chi connectivity index (χ2n) is 15.4. The fourth-order valence-electron chi connectivity index (χ4n) is 6.92. The molecule has 314 valence electrons. The molecule has 1 fully saturated rings. The second-order valence-corrected chi connectivity index (χ2v) is 15.4. The van der Waals surface area contributed by atoms with E-state index >= 15 is 0 Å². The van der Waals surface area contributed by atoms with Gasteiger partial charge in [-0.05, 0) is 32.1 Å². The summed E-state index contributed by atoms with van der Waals surface area (Å²) in [5.74, 6) is -0.709. The van der Waals surface area contributed by atoms with Gasteiger partial charge in [-0.2, -0.15) is 0 Å². The first-order valence-electron chi connectivity index (χ1n) is 21.6. The van der Waals surface area contributed by atoms with Crippen LogP contribution in [0.2, 0.25) is 0 Å². The average molecular weight is 760 g/mol. The molecular formula is C42H81NO10. The Hall–Kier alpha value is -1.15. The molecule has 0 bridgehead atoms. The number of carbonyl (C=O) groups is 1. The number of hydrogen-bond acceptors (Lipinski definition) is 10. The zero-order chi connectivity index (χ0) is 39.1. The van der Waals surface area contributed by atoms with Gasteiger partial charge in [0.2, 0.25) is 5.91 Å². The summed E-state index contributed by atoms with van der Waals surface area (Å²) in [5.41, 5.74) is 0. The van der Waals surface area contributed by atoms with Gasteiger partial charge < -0.3 is 50.5 Å². The van der Waals surface area contributed by atoms with E-state index in [4.69, 9.17) is 9.47 Å². The molecule has 0 aromatic heterocycles. The maximum absolute atomic E-state index is 13.0. The average Bonchev–Trinajstić information content (AvgIpc) is 3.16.